The Kier molecular flexibility index (Phi) is 4.21. The summed E-state index contributed by atoms with van der Waals surface area (Å²) in [6.07, 6.45) is 5.81. The third-order valence-corrected chi connectivity index (χ3v) is 5.34. The number of hydrogen-bond acceptors (Lipinski definition) is 4. The molecule has 94 valence electrons. The van der Waals surface area contributed by atoms with Crippen molar-refractivity contribution in [2.24, 2.45) is 0 Å². The summed E-state index contributed by atoms with van der Waals surface area (Å²) in [5.41, 5.74) is 0. The lowest BCUT2D eigenvalue weighted by atomic mass is 10.0. The van der Waals surface area contributed by atoms with Gasteiger partial charge in [0.2, 0.25) is 0 Å². The summed E-state index contributed by atoms with van der Waals surface area (Å²) < 4.78 is 22.5. The Balaban J connectivity index is 1.61. The van der Waals surface area contributed by atoms with Crippen molar-refractivity contribution in [2.75, 3.05) is 24.6 Å². The molecular weight excluding hydrogens is 224 g/mol. The van der Waals surface area contributed by atoms with Gasteiger partial charge in [-0.05, 0) is 38.8 Å². The number of nitrogens with one attached hydrogen (secondary N) is 2. The van der Waals surface area contributed by atoms with Crippen LogP contribution in [-0.4, -0.2) is 45.1 Å². The van der Waals surface area contributed by atoms with E-state index in [9.17, 15) is 8.42 Å². The molecule has 0 spiro atoms. The summed E-state index contributed by atoms with van der Waals surface area (Å²) in [5.74, 6) is 0.706. The Morgan fingerprint density at radius 2 is 2.12 bits per heavy atom. The second kappa shape index (κ2) is 5.47. The van der Waals surface area contributed by atoms with E-state index in [1.54, 1.807) is 0 Å². The Bertz CT molecular complexity index is 310. The minimum absolute atomic E-state index is 0.202. The quantitative estimate of drug-likeness (QED) is 0.749. The average Bonchev–Trinajstić information content (AvgIpc) is 2.60. The predicted molar refractivity (Wildman–Crippen MR) is 65.3 cm³/mol. The van der Waals surface area contributed by atoms with E-state index in [1.165, 1.54) is 19.3 Å². The highest BCUT2D eigenvalue weighted by molar-refractivity contribution is 7.91. The maximum Gasteiger partial charge on any atom is 0.151 e. The van der Waals surface area contributed by atoms with Crippen LogP contribution in [0.5, 0.6) is 0 Å². The molecule has 0 aromatic heterocycles. The second-order valence-electron chi connectivity index (χ2n) is 4.99. The Hall–Kier alpha value is -0.130. The zero-order valence-corrected chi connectivity index (χ0v) is 10.6. The molecule has 0 amide bonds. The molecule has 0 bridgehead atoms. The van der Waals surface area contributed by atoms with E-state index in [0.29, 0.717) is 17.5 Å². The van der Waals surface area contributed by atoms with Crippen molar-refractivity contribution in [1.82, 2.24) is 10.6 Å². The molecule has 0 saturated carbocycles. The fourth-order valence-electron chi connectivity index (χ4n) is 2.59. The molecular formula is C11H22N2O2S. The van der Waals surface area contributed by atoms with E-state index < -0.39 is 9.84 Å². The summed E-state index contributed by atoms with van der Waals surface area (Å²) in [5, 5.41) is 6.87. The van der Waals surface area contributed by atoms with E-state index >= 15 is 0 Å². The van der Waals surface area contributed by atoms with Crippen molar-refractivity contribution in [3.05, 3.63) is 0 Å². The molecule has 0 aromatic rings. The molecule has 0 aliphatic carbocycles. The zero-order valence-electron chi connectivity index (χ0n) is 9.74. The zero-order chi connectivity index (χ0) is 11.4. The van der Waals surface area contributed by atoms with Gasteiger partial charge in [0, 0.05) is 12.1 Å². The van der Waals surface area contributed by atoms with Crippen LogP contribution in [0.4, 0.5) is 0 Å². The first-order valence-electron chi connectivity index (χ1n) is 6.33. The van der Waals surface area contributed by atoms with Crippen LogP contribution in [0, 0.1) is 0 Å². The van der Waals surface area contributed by atoms with Gasteiger partial charge in [-0.2, -0.15) is 0 Å². The van der Waals surface area contributed by atoms with E-state index in [-0.39, 0.29) is 6.04 Å². The van der Waals surface area contributed by atoms with Crippen LogP contribution in [0.3, 0.4) is 0 Å². The fourth-order valence-corrected chi connectivity index (χ4v) is 4.30. The molecule has 2 rings (SSSR count). The highest BCUT2D eigenvalue weighted by atomic mass is 32.2. The van der Waals surface area contributed by atoms with E-state index in [2.05, 4.69) is 10.6 Å². The summed E-state index contributed by atoms with van der Waals surface area (Å²) >= 11 is 0. The minimum atomic E-state index is -2.73. The number of piperidine rings is 1. The Morgan fingerprint density at radius 3 is 2.75 bits per heavy atom. The molecule has 2 N–H and O–H groups in total. The molecule has 2 aliphatic heterocycles. The summed E-state index contributed by atoms with van der Waals surface area (Å²) in [6, 6.07) is 0.841. The van der Waals surface area contributed by atoms with Gasteiger partial charge < -0.3 is 10.6 Å². The molecule has 2 fully saturated rings. The smallest absolute Gasteiger partial charge is 0.151 e. The van der Waals surface area contributed by atoms with Crippen molar-refractivity contribution in [1.29, 1.82) is 0 Å². The van der Waals surface area contributed by atoms with Crippen LogP contribution >= 0.6 is 0 Å². The van der Waals surface area contributed by atoms with E-state index in [0.717, 1.165) is 25.9 Å². The maximum absolute atomic E-state index is 11.3. The van der Waals surface area contributed by atoms with Crippen LogP contribution < -0.4 is 10.6 Å². The van der Waals surface area contributed by atoms with Crippen LogP contribution in [0.15, 0.2) is 0 Å². The largest absolute Gasteiger partial charge is 0.314 e. The topological polar surface area (TPSA) is 58.2 Å². The van der Waals surface area contributed by atoms with Gasteiger partial charge in [-0.1, -0.05) is 6.42 Å². The van der Waals surface area contributed by atoms with E-state index in [1.807, 2.05) is 0 Å². The van der Waals surface area contributed by atoms with Crippen LogP contribution in [0.2, 0.25) is 0 Å². The van der Waals surface area contributed by atoms with Crippen LogP contribution in [-0.2, 0) is 9.84 Å². The third kappa shape index (κ3) is 3.71. The van der Waals surface area contributed by atoms with Crippen molar-refractivity contribution in [3.8, 4) is 0 Å². The number of hydrogen-bond donors (Lipinski definition) is 2. The predicted octanol–water partition coefficient (Wildman–Crippen LogP) is 0.295. The molecule has 5 heteroatoms. The first-order valence-corrected chi connectivity index (χ1v) is 8.15. The van der Waals surface area contributed by atoms with Gasteiger partial charge in [0.1, 0.15) is 0 Å². The van der Waals surface area contributed by atoms with Crippen molar-refractivity contribution in [3.63, 3.8) is 0 Å². The third-order valence-electron chi connectivity index (χ3n) is 3.57. The Morgan fingerprint density at radius 1 is 1.25 bits per heavy atom. The first kappa shape index (κ1) is 12.3. The SMILES string of the molecule is O=S1(=O)CCC(NCCC2CCCCN2)C1. The summed E-state index contributed by atoms with van der Waals surface area (Å²) in [6.45, 7) is 2.08. The maximum atomic E-state index is 11.3. The second-order valence-corrected chi connectivity index (χ2v) is 7.22. The highest BCUT2D eigenvalue weighted by Gasteiger charge is 2.27. The van der Waals surface area contributed by atoms with Gasteiger partial charge in [-0.15, -0.1) is 0 Å². The fraction of sp³-hybridized carbons (Fsp3) is 1.00. The van der Waals surface area contributed by atoms with Crippen LogP contribution in [0.25, 0.3) is 0 Å². The van der Waals surface area contributed by atoms with Crippen molar-refractivity contribution >= 4 is 9.84 Å². The lowest BCUT2D eigenvalue weighted by molar-refractivity contribution is 0.370. The van der Waals surface area contributed by atoms with Gasteiger partial charge in [-0.3, -0.25) is 0 Å². The normalized spacial score (nSPS) is 34.0. The highest BCUT2D eigenvalue weighted by Crippen LogP contribution is 2.12. The summed E-state index contributed by atoms with van der Waals surface area (Å²) in [7, 11) is -2.73. The monoisotopic (exact) mass is 246 g/mol. The van der Waals surface area contributed by atoms with Crippen molar-refractivity contribution in [2.45, 2.75) is 44.2 Å². The molecule has 2 atom stereocenters. The lowest BCUT2D eigenvalue weighted by Gasteiger charge is -2.24. The molecule has 16 heavy (non-hydrogen) atoms. The number of sulfone groups is 1. The first-order chi connectivity index (χ1) is 7.66. The average molecular weight is 246 g/mol. The molecule has 2 unspecified atom stereocenters. The minimum Gasteiger partial charge on any atom is -0.314 e. The van der Waals surface area contributed by atoms with Gasteiger partial charge in [-0.25, -0.2) is 8.42 Å². The lowest BCUT2D eigenvalue weighted by Crippen LogP contribution is -2.38. The van der Waals surface area contributed by atoms with Crippen molar-refractivity contribution < 1.29 is 8.42 Å². The number of rotatable bonds is 4. The Labute approximate surface area is 98.1 Å². The summed E-state index contributed by atoms with van der Waals surface area (Å²) in [4.78, 5) is 0. The van der Waals surface area contributed by atoms with Gasteiger partial charge in [0.15, 0.2) is 9.84 Å². The molecule has 2 saturated heterocycles. The molecule has 2 aliphatic rings. The molecule has 2 heterocycles. The standard InChI is InChI=1S/C11H22N2O2S/c14-16(15)8-5-11(9-16)13-7-4-10-3-1-2-6-12-10/h10-13H,1-9H2. The van der Waals surface area contributed by atoms with Gasteiger partial charge in [0.05, 0.1) is 11.5 Å². The molecule has 4 nitrogen and oxygen atoms in total. The van der Waals surface area contributed by atoms with Gasteiger partial charge in [0.25, 0.3) is 0 Å². The van der Waals surface area contributed by atoms with Gasteiger partial charge >= 0.3 is 0 Å². The molecule has 0 radical (unpaired) electrons. The molecule has 0 aromatic carbocycles. The van der Waals surface area contributed by atoms with E-state index in [4.69, 9.17) is 0 Å². The van der Waals surface area contributed by atoms with Crippen LogP contribution in [0.1, 0.15) is 32.1 Å².